The number of amides is 1. The van der Waals surface area contributed by atoms with Crippen molar-refractivity contribution in [3.8, 4) is 10.6 Å². The topological polar surface area (TPSA) is 82.7 Å². The van der Waals surface area contributed by atoms with Crippen molar-refractivity contribution in [1.29, 1.82) is 0 Å². The van der Waals surface area contributed by atoms with Crippen LogP contribution in [0, 0.1) is 5.92 Å². The van der Waals surface area contributed by atoms with Gasteiger partial charge in [-0.15, -0.1) is 11.3 Å². The van der Waals surface area contributed by atoms with Crippen LogP contribution in [-0.4, -0.2) is 46.8 Å². The van der Waals surface area contributed by atoms with E-state index < -0.39 is 6.09 Å². The van der Waals surface area contributed by atoms with Crippen LogP contribution in [-0.2, 0) is 0 Å². The summed E-state index contributed by atoms with van der Waals surface area (Å²) in [5.74, 6) is 0.384. The standard InChI is InChI=1S/C14H15ClN4O2S2/c15-8-3-10(22-6-8)11-12(23-13(16)17-11)18-4-7-1-2-19(14(20)21)9(7)5-18/h3,6-7,9H,1-2,4-5H2,(H2,16,17)(H,20,21)/t7-,9+/m0/s1. The Kier molecular flexibility index (Phi) is 3.62. The fourth-order valence-electron chi connectivity index (χ4n) is 3.51. The quantitative estimate of drug-likeness (QED) is 0.847. The smallest absolute Gasteiger partial charge is 0.407 e. The van der Waals surface area contributed by atoms with Gasteiger partial charge < -0.3 is 20.6 Å². The summed E-state index contributed by atoms with van der Waals surface area (Å²) in [6, 6.07) is 1.96. The van der Waals surface area contributed by atoms with Crippen LogP contribution in [0.5, 0.6) is 0 Å². The van der Waals surface area contributed by atoms with Gasteiger partial charge in [-0.25, -0.2) is 9.78 Å². The van der Waals surface area contributed by atoms with E-state index in [0.717, 1.165) is 28.5 Å². The molecular formula is C14H15ClN4O2S2. The summed E-state index contributed by atoms with van der Waals surface area (Å²) in [4.78, 5) is 20.6. The molecule has 0 radical (unpaired) electrons. The molecule has 0 aliphatic carbocycles. The lowest BCUT2D eigenvalue weighted by atomic mass is 10.1. The number of hydrogen-bond acceptors (Lipinski definition) is 6. The molecular weight excluding hydrogens is 356 g/mol. The largest absolute Gasteiger partial charge is 0.465 e. The van der Waals surface area contributed by atoms with Gasteiger partial charge in [0.25, 0.3) is 0 Å². The van der Waals surface area contributed by atoms with E-state index in [0.29, 0.717) is 29.2 Å². The van der Waals surface area contributed by atoms with E-state index >= 15 is 0 Å². The van der Waals surface area contributed by atoms with Crippen molar-refractivity contribution in [2.45, 2.75) is 12.5 Å². The van der Waals surface area contributed by atoms with Crippen LogP contribution in [0.25, 0.3) is 10.6 Å². The van der Waals surface area contributed by atoms with Gasteiger partial charge in [-0.05, 0) is 12.5 Å². The summed E-state index contributed by atoms with van der Waals surface area (Å²) >= 11 is 9.03. The second-order valence-electron chi connectivity index (χ2n) is 5.83. The normalized spacial score (nSPS) is 23.5. The Morgan fingerprint density at radius 2 is 2.30 bits per heavy atom. The molecule has 6 nitrogen and oxygen atoms in total. The molecule has 0 spiro atoms. The number of carbonyl (C=O) groups is 1. The summed E-state index contributed by atoms with van der Waals surface area (Å²) in [5, 5.41) is 13.4. The minimum Gasteiger partial charge on any atom is -0.465 e. The number of thiophene rings is 1. The van der Waals surface area contributed by atoms with Crippen molar-refractivity contribution in [2.75, 3.05) is 30.3 Å². The molecule has 23 heavy (non-hydrogen) atoms. The number of nitrogen functional groups attached to an aromatic ring is 1. The summed E-state index contributed by atoms with van der Waals surface area (Å²) in [7, 11) is 0. The van der Waals surface area contributed by atoms with Crippen LogP contribution in [0.15, 0.2) is 11.4 Å². The highest BCUT2D eigenvalue weighted by molar-refractivity contribution is 7.20. The third-order valence-corrected chi connectivity index (χ3v) is 6.74. The van der Waals surface area contributed by atoms with Crippen molar-refractivity contribution >= 4 is 50.5 Å². The van der Waals surface area contributed by atoms with Crippen molar-refractivity contribution in [1.82, 2.24) is 9.88 Å². The van der Waals surface area contributed by atoms with Crippen LogP contribution in [0.4, 0.5) is 14.9 Å². The summed E-state index contributed by atoms with van der Waals surface area (Å²) in [5.41, 5.74) is 6.78. The zero-order valence-corrected chi connectivity index (χ0v) is 14.5. The predicted molar refractivity (Wildman–Crippen MR) is 93.7 cm³/mol. The fourth-order valence-corrected chi connectivity index (χ4v) is 5.50. The first-order valence-corrected chi connectivity index (χ1v) is 9.35. The zero-order chi connectivity index (χ0) is 16.1. The van der Waals surface area contributed by atoms with Gasteiger partial charge in [0, 0.05) is 30.9 Å². The molecule has 2 aromatic heterocycles. The average molecular weight is 371 g/mol. The minimum atomic E-state index is -0.826. The van der Waals surface area contributed by atoms with Gasteiger partial charge in [-0.2, -0.15) is 0 Å². The molecule has 2 aliphatic rings. The second kappa shape index (κ2) is 5.54. The molecule has 1 amide bonds. The van der Waals surface area contributed by atoms with E-state index in [9.17, 15) is 9.90 Å². The van der Waals surface area contributed by atoms with Gasteiger partial charge in [-0.1, -0.05) is 22.9 Å². The van der Waals surface area contributed by atoms with E-state index in [1.54, 1.807) is 16.2 Å². The molecule has 4 rings (SSSR count). The second-order valence-corrected chi connectivity index (χ2v) is 8.19. The number of halogens is 1. The number of anilines is 2. The average Bonchev–Trinajstić information content (AvgIpc) is 3.19. The van der Waals surface area contributed by atoms with Crippen LogP contribution >= 0.6 is 34.3 Å². The fraction of sp³-hybridized carbons (Fsp3) is 0.429. The van der Waals surface area contributed by atoms with Gasteiger partial charge in [0.15, 0.2) is 5.13 Å². The molecule has 0 aromatic carbocycles. The van der Waals surface area contributed by atoms with Gasteiger partial charge in [0.05, 0.1) is 15.9 Å². The molecule has 3 N–H and O–H groups in total. The Morgan fingerprint density at radius 3 is 3.00 bits per heavy atom. The van der Waals surface area contributed by atoms with Gasteiger partial charge >= 0.3 is 6.09 Å². The van der Waals surface area contributed by atoms with Crippen molar-refractivity contribution in [3.05, 3.63) is 16.5 Å². The van der Waals surface area contributed by atoms with E-state index in [2.05, 4.69) is 9.88 Å². The number of rotatable bonds is 2. The Labute approximate surface area is 146 Å². The van der Waals surface area contributed by atoms with Crippen LogP contribution in [0.3, 0.4) is 0 Å². The zero-order valence-electron chi connectivity index (χ0n) is 12.1. The Morgan fingerprint density at radius 1 is 1.48 bits per heavy atom. The molecule has 2 aromatic rings. The maximum absolute atomic E-state index is 11.3. The number of nitrogens with two attached hydrogens (primary N) is 1. The molecule has 2 atom stereocenters. The minimum absolute atomic E-state index is 0.0654. The van der Waals surface area contributed by atoms with Gasteiger partial charge in [-0.3, -0.25) is 0 Å². The van der Waals surface area contributed by atoms with E-state index in [1.165, 1.54) is 11.3 Å². The van der Waals surface area contributed by atoms with Crippen LogP contribution in [0.2, 0.25) is 5.02 Å². The number of aromatic nitrogens is 1. The first kappa shape index (κ1) is 15.0. The highest BCUT2D eigenvalue weighted by Gasteiger charge is 2.44. The third kappa shape index (κ3) is 2.54. The number of thiazole rings is 1. The lowest BCUT2D eigenvalue weighted by molar-refractivity contribution is 0.140. The number of fused-ring (bicyclic) bond motifs is 1. The van der Waals surface area contributed by atoms with E-state index in [4.69, 9.17) is 17.3 Å². The Bertz CT molecular complexity index is 762. The molecule has 0 saturated carbocycles. The summed E-state index contributed by atoms with van der Waals surface area (Å²) in [6.45, 7) is 2.18. The number of likely N-dealkylation sites (tertiary alicyclic amines) is 1. The summed E-state index contributed by atoms with van der Waals surface area (Å²) in [6.07, 6.45) is 0.0930. The third-order valence-electron chi connectivity index (χ3n) is 4.51. The lowest BCUT2D eigenvalue weighted by Crippen LogP contribution is -2.38. The Hall–Kier alpha value is -1.51. The monoisotopic (exact) mass is 370 g/mol. The molecule has 122 valence electrons. The van der Waals surface area contributed by atoms with E-state index in [1.807, 2.05) is 11.4 Å². The highest BCUT2D eigenvalue weighted by atomic mass is 35.5. The van der Waals surface area contributed by atoms with E-state index in [-0.39, 0.29) is 6.04 Å². The number of carboxylic acid groups (broad SMARTS) is 1. The SMILES string of the molecule is Nc1nc(-c2cc(Cl)cs2)c(N2C[C@@H]3CCN(C(=O)O)[C@@H]3C2)s1. The summed E-state index contributed by atoms with van der Waals surface area (Å²) < 4.78 is 0. The van der Waals surface area contributed by atoms with Gasteiger partial charge in [0.1, 0.15) is 10.7 Å². The maximum Gasteiger partial charge on any atom is 0.407 e. The first-order valence-electron chi connectivity index (χ1n) is 7.28. The maximum atomic E-state index is 11.3. The molecule has 9 heteroatoms. The number of hydrogen-bond donors (Lipinski definition) is 2. The molecule has 2 aliphatic heterocycles. The van der Waals surface area contributed by atoms with Crippen LogP contribution < -0.4 is 10.6 Å². The molecule has 2 fully saturated rings. The molecule has 2 saturated heterocycles. The number of nitrogens with zero attached hydrogens (tertiary/aromatic N) is 3. The lowest BCUT2D eigenvalue weighted by Gasteiger charge is -2.22. The van der Waals surface area contributed by atoms with Gasteiger partial charge in [0.2, 0.25) is 0 Å². The molecule has 0 bridgehead atoms. The predicted octanol–water partition coefficient (Wildman–Crippen LogP) is 3.30. The molecule has 4 heterocycles. The highest BCUT2D eigenvalue weighted by Crippen LogP contribution is 2.44. The first-order chi connectivity index (χ1) is 11.0. The van der Waals surface area contributed by atoms with Crippen molar-refractivity contribution in [2.24, 2.45) is 5.92 Å². The van der Waals surface area contributed by atoms with Crippen molar-refractivity contribution < 1.29 is 9.90 Å². The molecule has 0 unspecified atom stereocenters. The van der Waals surface area contributed by atoms with Crippen molar-refractivity contribution in [3.63, 3.8) is 0 Å². The Balaban J connectivity index is 1.64. The van der Waals surface area contributed by atoms with Crippen LogP contribution in [0.1, 0.15) is 6.42 Å².